The summed E-state index contributed by atoms with van der Waals surface area (Å²) in [6.07, 6.45) is -3.77. The summed E-state index contributed by atoms with van der Waals surface area (Å²) in [5.41, 5.74) is 0.0531. The number of benzene rings is 1. The van der Waals surface area contributed by atoms with Crippen LogP contribution in [0.1, 0.15) is 50.9 Å². The van der Waals surface area contributed by atoms with Gasteiger partial charge in [0.1, 0.15) is 5.75 Å². The van der Waals surface area contributed by atoms with E-state index in [-0.39, 0.29) is 29.1 Å². The first-order valence-electron chi connectivity index (χ1n) is 6.86. The van der Waals surface area contributed by atoms with Gasteiger partial charge in [-0.1, -0.05) is 39.8 Å². The van der Waals surface area contributed by atoms with E-state index in [9.17, 15) is 18.0 Å². The monoisotopic (exact) mass is 302 g/mol. The Labute approximate surface area is 123 Å². The Balaban J connectivity index is 2.83. The number of ether oxygens (including phenoxy) is 1. The minimum Gasteiger partial charge on any atom is -0.405 e. The van der Waals surface area contributed by atoms with Crippen LogP contribution < -0.4 is 4.74 Å². The van der Waals surface area contributed by atoms with Gasteiger partial charge >= 0.3 is 6.36 Å². The van der Waals surface area contributed by atoms with Gasteiger partial charge in [0.2, 0.25) is 0 Å². The van der Waals surface area contributed by atoms with Crippen molar-refractivity contribution in [2.24, 2.45) is 11.3 Å². The van der Waals surface area contributed by atoms with Crippen LogP contribution in [-0.2, 0) is 0 Å². The van der Waals surface area contributed by atoms with Gasteiger partial charge in [-0.15, -0.1) is 13.2 Å². The number of alkyl halides is 3. The molecule has 5 heteroatoms. The summed E-state index contributed by atoms with van der Waals surface area (Å²) in [5, 5.41) is 0. The molecule has 1 unspecified atom stereocenters. The number of para-hydroxylation sites is 1. The van der Waals surface area contributed by atoms with Crippen molar-refractivity contribution >= 4 is 5.78 Å². The van der Waals surface area contributed by atoms with Crippen molar-refractivity contribution in [1.82, 2.24) is 0 Å². The first kappa shape index (κ1) is 17.5. The highest BCUT2D eigenvalue weighted by atomic mass is 19.4. The lowest BCUT2D eigenvalue weighted by Crippen LogP contribution is -2.20. The second kappa shape index (κ2) is 6.50. The summed E-state index contributed by atoms with van der Waals surface area (Å²) in [7, 11) is 0. The van der Waals surface area contributed by atoms with E-state index in [4.69, 9.17) is 0 Å². The molecular weight excluding hydrogens is 281 g/mol. The lowest BCUT2D eigenvalue weighted by Gasteiger charge is -2.23. The summed E-state index contributed by atoms with van der Waals surface area (Å²) in [5.74, 6) is -0.666. The first-order valence-corrected chi connectivity index (χ1v) is 6.86. The zero-order valence-electron chi connectivity index (χ0n) is 12.8. The summed E-state index contributed by atoms with van der Waals surface area (Å²) in [4.78, 5) is 12.2. The number of carbonyl (C=O) groups excluding carboxylic acids is 1. The number of carbonyl (C=O) groups is 1. The molecule has 1 atom stereocenters. The quantitative estimate of drug-likeness (QED) is 0.696. The van der Waals surface area contributed by atoms with Crippen LogP contribution in [0, 0.1) is 11.3 Å². The third-order valence-corrected chi connectivity index (χ3v) is 2.91. The average molecular weight is 302 g/mol. The molecule has 2 nitrogen and oxygen atoms in total. The molecule has 1 aromatic rings. The minimum absolute atomic E-state index is 0.0180. The fourth-order valence-corrected chi connectivity index (χ4v) is 2.45. The van der Waals surface area contributed by atoms with E-state index in [1.807, 2.05) is 6.92 Å². The Hall–Kier alpha value is -1.52. The minimum atomic E-state index is -4.80. The van der Waals surface area contributed by atoms with E-state index in [2.05, 4.69) is 25.5 Å². The van der Waals surface area contributed by atoms with Gasteiger partial charge in [0.15, 0.2) is 5.78 Å². The van der Waals surface area contributed by atoms with Crippen LogP contribution >= 0.6 is 0 Å². The topological polar surface area (TPSA) is 26.3 Å². The van der Waals surface area contributed by atoms with Gasteiger partial charge in [-0.25, -0.2) is 0 Å². The normalized spacial score (nSPS) is 13.9. The van der Waals surface area contributed by atoms with Crippen LogP contribution in [-0.4, -0.2) is 12.1 Å². The summed E-state index contributed by atoms with van der Waals surface area (Å²) < 4.78 is 40.9. The Morgan fingerprint density at radius 2 is 1.76 bits per heavy atom. The van der Waals surface area contributed by atoms with E-state index in [1.165, 1.54) is 18.2 Å². The Morgan fingerprint density at radius 1 is 1.19 bits per heavy atom. The molecule has 0 heterocycles. The van der Waals surface area contributed by atoms with Gasteiger partial charge in [0.05, 0.1) is 5.56 Å². The van der Waals surface area contributed by atoms with Crippen LogP contribution in [0.5, 0.6) is 5.75 Å². The zero-order valence-corrected chi connectivity index (χ0v) is 12.8. The molecule has 21 heavy (non-hydrogen) atoms. The molecule has 0 aliphatic heterocycles. The molecule has 0 saturated carbocycles. The maximum absolute atomic E-state index is 12.3. The maximum Gasteiger partial charge on any atom is 0.573 e. The van der Waals surface area contributed by atoms with Crippen molar-refractivity contribution in [2.75, 3.05) is 0 Å². The molecule has 0 aliphatic carbocycles. The van der Waals surface area contributed by atoms with Crippen LogP contribution in [0.3, 0.4) is 0 Å². The Kier molecular flexibility index (Phi) is 5.42. The summed E-state index contributed by atoms with van der Waals surface area (Å²) in [6, 6.07) is 5.48. The third-order valence-electron chi connectivity index (χ3n) is 2.91. The van der Waals surface area contributed by atoms with Crippen molar-refractivity contribution in [3.63, 3.8) is 0 Å². The van der Waals surface area contributed by atoms with Crippen molar-refractivity contribution < 1.29 is 22.7 Å². The largest absolute Gasteiger partial charge is 0.573 e. The van der Waals surface area contributed by atoms with E-state index in [0.29, 0.717) is 0 Å². The molecule has 0 aliphatic rings. The van der Waals surface area contributed by atoms with Gasteiger partial charge in [-0.2, -0.15) is 0 Å². The zero-order chi connectivity index (χ0) is 16.3. The first-order chi connectivity index (χ1) is 9.48. The molecule has 0 bridgehead atoms. The maximum atomic E-state index is 12.3. The van der Waals surface area contributed by atoms with Crippen molar-refractivity contribution in [1.29, 1.82) is 0 Å². The number of Topliss-reactive ketones (excluding diaryl/α,β-unsaturated/α-hetero) is 1. The van der Waals surface area contributed by atoms with Crippen LogP contribution in [0.25, 0.3) is 0 Å². The van der Waals surface area contributed by atoms with Gasteiger partial charge in [0.25, 0.3) is 0 Å². The smallest absolute Gasteiger partial charge is 0.405 e. The lowest BCUT2D eigenvalue weighted by molar-refractivity contribution is -0.274. The van der Waals surface area contributed by atoms with E-state index < -0.39 is 12.1 Å². The third kappa shape index (κ3) is 6.65. The van der Waals surface area contributed by atoms with Gasteiger partial charge in [0, 0.05) is 6.42 Å². The number of ketones is 1. The number of halogens is 3. The Morgan fingerprint density at radius 3 is 2.29 bits per heavy atom. The molecular formula is C16H21F3O2. The Bertz CT molecular complexity index is 487. The fourth-order valence-electron chi connectivity index (χ4n) is 2.45. The second-order valence-corrected chi connectivity index (χ2v) is 6.54. The van der Waals surface area contributed by atoms with E-state index in [1.54, 1.807) is 0 Å². The van der Waals surface area contributed by atoms with Gasteiger partial charge in [-0.05, 0) is 29.9 Å². The van der Waals surface area contributed by atoms with Crippen LogP contribution in [0.4, 0.5) is 13.2 Å². The predicted octanol–water partition coefficient (Wildman–Crippen LogP) is 5.23. The fraction of sp³-hybridized carbons (Fsp3) is 0.562. The number of hydrogen-bond donors (Lipinski definition) is 0. The molecule has 118 valence electrons. The highest BCUT2D eigenvalue weighted by Crippen LogP contribution is 2.30. The summed E-state index contributed by atoms with van der Waals surface area (Å²) >= 11 is 0. The van der Waals surface area contributed by atoms with Crippen molar-refractivity contribution in [3.05, 3.63) is 29.8 Å². The second-order valence-electron chi connectivity index (χ2n) is 6.54. The highest BCUT2D eigenvalue weighted by molar-refractivity contribution is 5.98. The lowest BCUT2D eigenvalue weighted by atomic mass is 9.83. The molecule has 0 spiro atoms. The molecule has 0 fully saturated rings. The molecule has 0 amide bonds. The van der Waals surface area contributed by atoms with Crippen LogP contribution in [0.15, 0.2) is 24.3 Å². The average Bonchev–Trinajstić information content (AvgIpc) is 2.24. The van der Waals surface area contributed by atoms with Gasteiger partial charge < -0.3 is 4.74 Å². The molecule has 0 aromatic heterocycles. The molecule has 0 radical (unpaired) electrons. The van der Waals surface area contributed by atoms with Crippen LogP contribution in [0.2, 0.25) is 0 Å². The molecule has 1 aromatic carbocycles. The highest BCUT2D eigenvalue weighted by Gasteiger charge is 2.33. The van der Waals surface area contributed by atoms with Crippen molar-refractivity contribution in [2.45, 2.75) is 46.9 Å². The van der Waals surface area contributed by atoms with Gasteiger partial charge in [-0.3, -0.25) is 4.79 Å². The standard InChI is InChI=1S/C16H21F3O2/c1-11(10-15(2,3)4)9-13(20)12-7-5-6-8-14(12)21-16(17,18)19/h5-8,11H,9-10H2,1-4H3. The predicted molar refractivity (Wildman–Crippen MR) is 75.3 cm³/mol. The van der Waals surface area contributed by atoms with Crippen molar-refractivity contribution in [3.8, 4) is 5.75 Å². The SMILES string of the molecule is CC(CC(=O)c1ccccc1OC(F)(F)F)CC(C)(C)C. The molecule has 0 N–H and O–H groups in total. The molecule has 1 rings (SSSR count). The summed E-state index contributed by atoms with van der Waals surface area (Å²) in [6.45, 7) is 8.12. The van der Waals surface area contributed by atoms with E-state index >= 15 is 0 Å². The number of rotatable bonds is 5. The molecule has 0 saturated heterocycles. The van der Waals surface area contributed by atoms with E-state index in [0.717, 1.165) is 12.5 Å². The number of hydrogen-bond acceptors (Lipinski definition) is 2.